The number of benzene rings is 2. The number of piperazine rings is 1. The number of fused-ring (bicyclic) bond motifs is 2. The van der Waals surface area contributed by atoms with Gasteiger partial charge in [-0.25, -0.2) is 9.97 Å². The molecule has 0 bridgehead atoms. The molecule has 7 nitrogen and oxygen atoms in total. The number of nitrogens with zero attached hydrogens (tertiary/aromatic N) is 4. The summed E-state index contributed by atoms with van der Waals surface area (Å²) in [6.45, 7) is 5.14. The first-order chi connectivity index (χ1) is 15.0. The normalized spacial score (nSPS) is 15.1. The molecular weight excluding hydrogens is 414 g/mol. The molecule has 1 aliphatic rings. The van der Waals surface area contributed by atoms with Crippen LogP contribution in [0.5, 0.6) is 0 Å². The number of hydrogen-bond acceptors (Lipinski definition) is 6. The van der Waals surface area contributed by atoms with E-state index in [0.29, 0.717) is 47.6 Å². The molecule has 0 aliphatic carbocycles. The zero-order chi connectivity index (χ0) is 21.5. The maximum absolute atomic E-state index is 13.1. The average Bonchev–Trinajstić information content (AvgIpc) is 3.12. The fraction of sp³-hybridized carbons (Fsp3) is 0.261. The Morgan fingerprint density at radius 2 is 1.81 bits per heavy atom. The van der Waals surface area contributed by atoms with Crippen LogP contribution in [0, 0.1) is 6.92 Å². The Hall–Kier alpha value is -3.16. The van der Waals surface area contributed by atoms with Gasteiger partial charge in [0.05, 0.1) is 17.1 Å². The summed E-state index contributed by atoms with van der Waals surface area (Å²) >= 11 is 6.23. The zero-order valence-electron chi connectivity index (χ0n) is 17.1. The lowest BCUT2D eigenvalue weighted by atomic mass is 10.1. The minimum atomic E-state index is -0.101. The van der Waals surface area contributed by atoms with E-state index in [-0.39, 0.29) is 5.91 Å². The fourth-order valence-corrected chi connectivity index (χ4v) is 4.30. The maximum Gasteiger partial charge on any atom is 0.289 e. The molecule has 0 saturated carbocycles. The van der Waals surface area contributed by atoms with Crippen LogP contribution < -0.4 is 5.73 Å². The number of hydrogen-bond donors (Lipinski definition) is 1. The quantitative estimate of drug-likeness (QED) is 0.525. The van der Waals surface area contributed by atoms with Crippen molar-refractivity contribution in [1.29, 1.82) is 0 Å². The van der Waals surface area contributed by atoms with Crippen molar-refractivity contribution in [2.75, 3.05) is 31.9 Å². The van der Waals surface area contributed by atoms with Gasteiger partial charge >= 0.3 is 0 Å². The van der Waals surface area contributed by atoms with Gasteiger partial charge in [-0.15, -0.1) is 0 Å². The van der Waals surface area contributed by atoms with Gasteiger partial charge in [-0.1, -0.05) is 35.9 Å². The highest BCUT2D eigenvalue weighted by atomic mass is 35.5. The molecule has 0 unspecified atom stereocenters. The van der Waals surface area contributed by atoms with E-state index in [1.165, 1.54) is 0 Å². The molecule has 1 fully saturated rings. The van der Waals surface area contributed by atoms with Gasteiger partial charge < -0.3 is 15.1 Å². The zero-order valence-corrected chi connectivity index (χ0v) is 17.9. The molecule has 2 aromatic heterocycles. The van der Waals surface area contributed by atoms with Gasteiger partial charge in [-0.3, -0.25) is 9.69 Å². The Balaban J connectivity index is 1.28. The van der Waals surface area contributed by atoms with Crippen LogP contribution in [-0.2, 0) is 6.54 Å². The molecule has 1 amide bonds. The summed E-state index contributed by atoms with van der Waals surface area (Å²) in [6.07, 6.45) is 0. The van der Waals surface area contributed by atoms with Gasteiger partial charge in [0.2, 0.25) is 0 Å². The highest BCUT2D eigenvalue weighted by molar-refractivity contribution is 6.35. The van der Waals surface area contributed by atoms with Crippen LogP contribution in [-0.4, -0.2) is 51.9 Å². The number of aryl methyl sites for hydroxylation is 1. The molecule has 0 radical (unpaired) electrons. The van der Waals surface area contributed by atoms with E-state index in [2.05, 4.69) is 14.9 Å². The number of aromatic nitrogens is 2. The van der Waals surface area contributed by atoms with Crippen molar-refractivity contribution in [3.8, 4) is 0 Å². The fourth-order valence-electron chi connectivity index (χ4n) is 4.09. The number of nitrogen functional groups attached to an aromatic ring is 1. The average molecular weight is 436 g/mol. The van der Waals surface area contributed by atoms with E-state index in [1.54, 1.807) is 6.07 Å². The number of carbonyl (C=O) groups is 1. The van der Waals surface area contributed by atoms with Gasteiger partial charge in [0.15, 0.2) is 11.3 Å². The first-order valence-electron chi connectivity index (χ1n) is 10.2. The molecular formula is C23H22ClN5O2. The molecule has 158 valence electrons. The van der Waals surface area contributed by atoms with Gasteiger partial charge in [0.25, 0.3) is 5.91 Å². The van der Waals surface area contributed by atoms with Crippen molar-refractivity contribution < 1.29 is 9.21 Å². The Bertz CT molecular complexity index is 1290. The second kappa shape index (κ2) is 7.83. The van der Waals surface area contributed by atoms with Gasteiger partial charge in [0, 0.05) is 42.5 Å². The summed E-state index contributed by atoms with van der Waals surface area (Å²) in [5.74, 6) is 1.45. The van der Waals surface area contributed by atoms with Crippen LogP contribution in [0.3, 0.4) is 0 Å². The standard InChI is InChI=1S/C23H22ClN5O2/c1-14-15-6-4-7-17(24)21(15)31-20(14)23(30)29-11-9-28(10-12-29)13-19-26-18-8-3-2-5-16(18)22(25)27-19/h2-8H,9-13H2,1H3,(H2,25,26,27). The number of carbonyl (C=O) groups excluding carboxylic acids is 1. The van der Waals surface area contributed by atoms with Crippen molar-refractivity contribution in [2.24, 2.45) is 0 Å². The first kappa shape index (κ1) is 19.8. The number of nitrogens with two attached hydrogens (primary N) is 1. The molecule has 5 rings (SSSR count). The summed E-state index contributed by atoms with van der Waals surface area (Å²) < 4.78 is 5.85. The number of para-hydroxylation sites is 2. The molecule has 1 aliphatic heterocycles. The molecule has 31 heavy (non-hydrogen) atoms. The SMILES string of the molecule is Cc1c(C(=O)N2CCN(Cc3nc(N)c4ccccc4n3)CC2)oc2c(Cl)cccc12. The van der Waals surface area contributed by atoms with Gasteiger partial charge in [0.1, 0.15) is 11.6 Å². The lowest BCUT2D eigenvalue weighted by Crippen LogP contribution is -2.48. The van der Waals surface area contributed by atoms with Crippen molar-refractivity contribution >= 4 is 45.2 Å². The topological polar surface area (TPSA) is 88.5 Å². The minimum absolute atomic E-state index is 0.101. The van der Waals surface area contributed by atoms with Crippen molar-refractivity contribution in [3.05, 3.63) is 64.6 Å². The number of rotatable bonds is 3. The van der Waals surface area contributed by atoms with E-state index in [0.717, 1.165) is 34.9 Å². The first-order valence-corrected chi connectivity index (χ1v) is 10.6. The summed E-state index contributed by atoms with van der Waals surface area (Å²) in [6, 6.07) is 13.3. The van der Waals surface area contributed by atoms with E-state index < -0.39 is 0 Å². The van der Waals surface area contributed by atoms with E-state index in [9.17, 15) is 4.79 Å². The van der Waals surface area contributed by atoms with E-state index >= 15 is 0 Å². The molecule has 2 N–H and O–H groups in total. The summed E-state index contributed by atoms with van der Waals surface area (Å²) in [5.41, 5.74) is 8.34. The number of anilines is 1. The predicted molar refractivity (Wildman–Crippen MR) is 121 cm³/mol. The monoisotopic (exact) mass is 435 g/mol. The maximum atomic E-state index is 13.1. The van der Waals surface area contributed by atoms with Crippen LogP contribution in [0.15, 0.2) is 46.9 Å². The van der Waals surface area contributed by atoms with Gasteiger partial charge in [-0.2, -0.15) is 0 Å². The van der Waals surface area contributed by atoms with E-state index in [1.807, 2.05) is 48.2 Å². The van der Waals surface area contributed by atoms with Crippen LogP contribution in [0.1, 0.15) is 21.9 Å². The largest absolute Gasteiger partial charge is 0.449 e. The molecule has 2 aromatic carbocycles. The highest BCUT2D eigenvalue weighted by Gasteiger charge is 2.27. The van der Waals surface area contributed by atoms with Crippen LogP contribution >= 0.6 is 11.6 Å². The lowest BCUT2D eigenvalue weighted by Gasteiger charge is -2.34. The second-order valence-corrected chi connectivity index (χ2v) is 8.19. The minimum Gasteiger partial charge on any atom is -0.449 e. The third-order valence-corrected chi connectivity index (χ3v) is 6.11. The molecule has 4 aromatic rings. The third kappa shape index (κ3) is 3.60. The molecule has 3 heterocycles. The summed E-state index contributed by atoms with van der Waals surface area (Å²) in [5, 5.41) is 2.25. The summed E-state index contributed by atoms with van der Waals surface area (Å²) in [4.78, 5) is 26.2. The second-order valence-electron chi connectivity index (χ2n) is 7.78. The van der Waals surface area contributed by atoms with Crippen molar-refractivity contribution in [1.82, 2.24) is 19.8 Å². The Morgan fingerprint density at radius 1 is 1.06 bits per heavy atom. The summed E-state index contributed by atoms with van der Waals surface area (Å²) in [7, 11) is 0. The van der Waals surface area contributed by atoms with Crippen LogP contribution in [0.2, 0.25) is 5.02 Å². The Morgan fingerprint density at radius 3 is 2.58 bits per heavy atom. The molecule has 1 saturated heterocycles. The number of furan rings is 1. The highest BCUT2D eigenvalue weighted by Crippen LogP contribution is 2.31. The predicted octanol–water partition coefficient (Wildman–Crippen LogP) is 3.88. The Labute approximate surface area is 184 Å². The van der Waals surface area contributed by atoms with Crippen LogP contribution in [0.25, 0.3) is 21.9 Å². The Kier molecular flexibility index (Phi) is 5.00. The van der Waals surface area contributed by atoms with Gasteiger partial charge in [-0.05, 0) is 25.1 Å². The molecule has 0 spiro atoms. The smallest absolute Gasteiger partial charge is 0.289 e. The number of halogens is 1. The van der Waals surface area contributed by atoms with E-state index in [4.69, 9.17) is 21.8 Å². The molecule has 8 heteroatoms. The van der Waals surface area contributed by atoms with Crippen molar-refractivity contribution in [2.45, 2.75) is 13.5 Å². The van der Waals surface area contributed by atoms with Crippen molar-refractivity contribution in [3.63, 3.8) is 0 Å². The molecule has 0 atom stereocenters. The third-order valence-electron chi connectivity index (χ3n) is 5.81. The number of amides is 1. The van der Waals surface area contributed by atoms with Crippen LogP contribution in [0.4, 0.5) is 5.82 Å². The lowest BCUT2D eigenvalue weighted by molar-refractivity contribution is 0.0596.